The summed E-state index contributed by atoms with van der Waals surface area (Å²) in [4.78, 5) is 17.3. The maximum Gasteiger partial charge on any atom is 0.255 e. The molecule has 0 spiro atoms. The fourth-order valence-corrected chi connectivity index (χ4v) is 3.78. The molecule has 27 heavy (non-hydrogen) atoms. The van der Waals surface area contributed by atoms with E-state index in [0.717, 1.165) is 49.4 Å². The Morgan fingerprint density at radius 2 is 1.74 bits per heavy atom. The number of anilines is 2. The van der Waals surface area contributed by atoms with Crippen molar-refractivity contribution >= 4 is 27.1 Å². The number of benzene rings is 2. The van der Waals surface area contributed by atoms with E-state index in [0.29, 0.717) is 5.56 Å². The van der Waals surface area contributed by atoms with Gasteiger partial charge in [0.1, 0.15) is 0 Å². The Balaban J connectivity index is 1.75. The highest BCUT2D eigenvalue weighted by molar-refractivity contribution is 7.90. The molecule has 0 radical (unpaired) electrons. The van der Waals surface area contributed by atoms with E-state index in [1.165, 1.54) is 12.1 Å². The molecule has 2 aromatic carbocycles. The zero-order valence-electron chi connectivity index (χ0n) is 15.9. The van der Waals surface area contributed by atoms with Crippen LogP contribution in [0.25, 0.3) is 0 Å². The third kappa shape index (κ3) is 4.67. The monoisotopic (exact) mass is 387 g/mol. The Kier molecular flexibility index (Phi) is 5.53. The first-order valence-electron chi connectivity index (χ1n) is 8.89. The Bertz CT molecular complexity index is 949. The van der Waals surface area contributed by atoms with Crippen LogP contribution in [0, 0.1) is 6.92 Å². The molecule has 1 saturated heterocycles. The summed E-state index contributed by atoms with van der Waals surface area (Å²) in [5.74, 6) is -0.323. The molecule has 1 heterocycles. The van der Waals surface area contributed by atoms with E-state index in [1.807, 2.05) is 19.1 Å². The normalized spacial score (nSPS) is 15.6. The van der Waals surface area contributed by atoms with Crippen molar-refractivity contribution in [2.45, 2.75) is 11.8 Å². The number of nitrogens with one attached hydrogen (secondary N) is 1. The molecular formula is C20H25N3O3S. The maximum atomic E-state index is 12.5. The fourth-order valence-electron chi connectivity index (χ4n) is 3.11. The van der Waals surface area contributed by atoms with E-state index >= 15 is 0 Å². The van der Waals surface area contributed by atoms with Crippen LogP contribution < -0.4 is 10.2 Å². The lowest BCUT2D eigenvalue weighted by Crippen LogP contribution is -2.44. The molecule has 0 atom stereocenters. The van der Waals surface area contributed by atoms with Crippen LogP contribution in [0.1, 0.15) is 15.9 Å². The standard InChI is InChI=1S/C20H25N3O3S/c1-15-13-17(23-11-9-22(2)10-12-23)7-8-19(15)21-20(24)16-5-4-6-18(14-16)27(3,25)26/h4-8,13-14H,9-12H2,1-3H3,(H,21,24). The molecule has 1 fully saturated rings. The molecule has 1 N–H and O–H groups in total. The predicted octanol–water partition coefficient (Wildman–Crippen LogP) is 2.40. The van der Waals surface area contributed by atoms with Crippen molar-refractivity contribution in [1.82, 2.24) is 4.90 Å². The summed E-state index contributed by atoms with van der Waals surface area (Å²) in [7, 11) is -1.23. The summed E-state index contributed by atoms with van der Waals surface area (Å²) >= 11 is 0. The number of hydrogen-bond acceptors (Lipinski definition) is 5. The lowest BCUT2D eigenvalue weighted by atomic mass is 10.1. The number of piperazine rings is 1. The van der Waals surface area contributed by atoms with Gasteiger partial charge >= 0.3 is 0 Å². The number of amides is 1. The summed E-state index contributed by atoms with van der Waals surface area (Å²) in [5.41, 5.74) is 3.17. The van der Waals surface area contributed by atoms with Crippen molar-refractivity contribution in [3.05, 3.63) is 53.6 Å². The average Bonchev–Trinajstić information content (AvgIpc) is 2.63. The Morgan fingerprint density at radius 1 is 1.04 bits per heavy atom. The van der Waals surface area contributed by atoms with Gasteiger partial charge in [-0.15, -0.1) is 0 Å². The minimum atomic E-state index is -3.35. The molecular weight excluding hydrogens is 362 g/mol. The van der Waals surface area contributed by atoms with Crippen LogP contribution in [-0.2, 0) is 9.84 Å². The van der Waals surface area contributed by atoms with Gasteiger partial charge in [0, 0.05) is 49.4 Å². The zero-order valence-corrected chi connectivity index (χ0v) is 16.7. The third-order valence-electron chi connectivity index (χ3n) is 4.85. The largest absolute Gasteiger partial charge is 0.369 e. The molecule has 0 bridgehead atoms. The smallest absolute Gasteiger partial charge is 0.255 e. The van der Waals surface area contributed by atoms with Gasteiger partial charge in [-0.1, -0.05) is 6.07 Å². The molecule has 1 aliphatic heterocycles. The number of aryl methyl sites for hydroxylation is 1. The number of likely N-dealkylation sites (N-methyl/N-ethyl adjacent to an activating group) is 1. The van der Waals surface area contributed by atoms with E-state index < -0.39 is 9.84 Å². The summed E-state index contributed by atoms with van der Waals surface area (Å²) in [6.07, 6.45) is 1.13. The van der Waals surface area contributed by atoms with Crippen LogP contribution in [0.3, 0.4) is 0 Å². The lowest BCUT2D eigenvalue weighted by molar-refractivity contribution is 0.102. The third-order valence-corrected chi connectivity index (χ3v) is 5.96. The molecule has 3 rings (SSSR count). The van der Waals surface area contributed by atoms with Gasteiger partial charge in [-0.05, 0) is 55.9 Å². The van der Waals surface area contributed by atoms with Crippen molar-refractivity contribution in [3.63, 3.8) is 0 Å². The highest BCUT2D eigenvalue weighted by Gasteiger charge is 2.16. The van der Waals surface area contributed by atoms with E-state index in [4.69, 9.17) is 0 Å². The van der Waals surface area contributed by atoms with Gasteiger partial charge in [0.25, 0.3) is 5.91 Å². The molecule has 0 aromatic heterocycles. The van der Waals surface area contributed by atoms with Gasteiger partial charge in [-0.25, -0.2) is 8.42 Å². The van der Waals surface area contributed by atoms with Crippen LogP contribution in [0.2, 0.25) is 0 Å². The molecule has 6 nitrogen and oxygen atoms in total. The fraction of sp³-hybridized carbons (Fsp3) is 0.350. The number of sulfone groups is 1. The molecule has 1 aliphatic rings. The van der Waals surface area contributed by atoms with Crippen molar-refractivity contribution in [3.8, 4) is 0 Å². The first-order valence-corrected chi connectivity index (χ1v) is 10.8. The Labute approximate surface area is 160 Å². The first kappa shape index (κ1) is 19.4. The van der Waals surface area contributed by atoms with Gasteiger partial charge in [-0.3, -0.25) is 4.79 Å². The average molecular weight is 388 g/mol. The van der Waals surface area contributed by atoms with E-state index in [2.05, 4.69) is 28.2 Å². The summed E-state index contributed by atoms with van der Waals surface area (Å²) in [6.45, 7) is 6.00. The topological polar surface area (TPSA) is 69.7 Å². The SMILES string of the molecule is Cc1cc(N2CCN(C)CC2)ccc1NC(=O)c1cccc(S(C)(=O)=O)c1. The number of nitrogens with zero attached hydrogens (tertiary/aromatic N) is 2. The number of carbonyl (C=O) groups is 1. The minimum Gasteiger partial charge on any atom is -0.369 e. The van der Waals surface area contributed by atoms with E-state index in [-0.39, 0.29) is 10.8 Å². The quantitative estimate of drug-likeness (QED) is 0.872. The minimum absolute atomic E-state index is 0.136. The van der Waals surface area contributed by atoms with Crippen molar-refractivity contribution in [2.24, 2.45) is 0 Å². The van der Waals surface area contributed by atoms with E-state index in [9.17, 15) is 13.2 Å². The maximum absolute atomic E-state index is 12.5. The molecule has 0 aliphatic carbocycles. The molecule has 0 saturated carbocycles. The first-order chi connectivity index (χ1) is 12.7. The molecule has 2 aromatic rings. The molecule has 144 valence electrons. The second-order valence-electron chi connectivity index (χ2n) is 7.04. The Morgan fingerprint density at radius 3 is 2.37 bits per heavy atom. The van der Waals surface area contributed by atoms with Gasteiger partial charge in [0.2, 0.25) is 0 Å². The molecule has 7 heteroatoms. The van der Waals surface area contributed by atoms with Crippen LogP contribution >= 0.6 is 0 Å². The number of hydrogen-bond donors (Lipinski definition) is 1. The summed E-state index contributed by atoms with van der Waals surface area (Å²) in [5, 5.41) is 2.88. The van der Waals surface area contributed by atoms with Gasteiger partial charge in [0.05, 0.1) is 4.90 Å². The van der Waals surface area contributed by atoms with Gasteiger partial charge in [0.15, 0.2) is 9.84 Å². The zero-order chi connectivity index (χ0) is 19.6. The Hall–Kier alpha value is -2.38. The highest BCUT2D eigenvalue weighted by atomic mass is 32.2. The van der Waals surface area contributed by atoms with Crippen LogP contribution in [0.15, 0.2) is 47.4 Å². The molecule has 0 unspecified atom stereocenters. The summed E-state index contributed by atoms with van der Waals surface area (Å²) in [6, 6.07) is 12.1. The second-order valence-corrected chi connectivity index (χ2v) is 9.06. The van der Waals surface area contributed by atoms with Gasteiger partial charge < -0.3 is 15.1 Å². The lowest BCUT2D eigenvalue weighted by Gasteiger charge is -2.34. The van der Waals surface area contributed by atoms with Crippen LogP contribution in [0.4, 0.5) is 11.4 Å². The molecule has 1 amide bonds. The van der Waals surface area contributed by atoms with Crippen LogP contribution in [0.5, 0.6) is 0 Å². The van der Waals surface area contributed by atoms with Crippen molar-refractivity contribution in [2.75, 3.05) is 49.7 Å². The van der Waals surface area contributed by atoms with Gasteiger partial charge in [-0.2, -0.15) is 0 Å². The summed E-state index contributed by atoms with van der Waals surface area (Å²) < 4.78 is 23.4. The predicted molar refractivity (Wildman–Crippen MR) is 108 cm³/mol. The van der Waals surface area contributed by atoms with Crippen LogP contribution in [-0.4, -0.2) is 58.7 Å². The van der Waals surface area contributed by atoms with Crippen molar-refractivity contribution < 1.29 is 13.2 Å². The number of rotatable bonds is 4. The number of carbonyl (C=O) groups excluding carboxylic acids is 1. The highest BCUT2D eigenvalue weighted by Crippen LogP contribution is 2.24. The van der Waals surface area contributed by atoms with E-state index in [1.54, 1.807) is 12.1 Å². The van der Waals surface area contributed by atoms with Crippen molar-refractivity contribution in [1.29, 1.82) is 0 Å². The second kappa shape index (κ2) is 7.70.